The van der Waals surface area contributed by atoms with Crippen molar-refractivity contribution in [2.75, 3.05) is 0 Å². The highest BCUT2D eigenvalue weighted by atomic mass is 14.4. The molecule has 4 aliphatic rings. The number of hydrogen-bond acceptors (Lipinski definition) is 0. The molecule has 13 rings (SSSR count). The highest BCUT2D eigenvalue weighted by Gasteiger charge is 2.41. The van der Waals surface area contributed by atoms with Crippen LogP contribution in [0.1, 0.15) is 34.6 Å². The first-order valence-corrected chi connectivity index (χ1v) is 15.2. The van der Waals surface area contributed by atoms with E-state index in [4.69, 9.17) is 0 Å². The first kappa shape index (κ1) is 19.8. The van der Waals surface area contributed by atoms with Crippen molar-refractivity contribution in [2.24, 2.45) is 0 Å². The standard InChI is InChI=1S/C42H20/c1-7-19-21-9-2-11-23-25-13-4-15-27-29-17-6-18-30-28-16-5-14-26-24-12-3-10-22-20(8-1)31(19)37-38(32(21)23)40(34(25)27)42(36(29)30)41(35(26)28)39(37)33(22)24/h1-17,35H,18H2. The van der Waals surface area contributed by atoms with Gasteiger partial charge in [-0.1, -0.05) is 103 Å². The summed E-state index contributed by atoms with van der Waals surface area (Å²) in [6.07, 6.45) is 13.0. The van der Waals surface area contributed by atoms with Crippen molar-refractivity contribution in [3.8, 4) is 0 Å². The molecule has 0 radical (unpaired) electrons. The predicted molar refractivity (Wildman–Crippen MR) is 180 cm³/mol. The van der Waals surface area contributed by atoms with Gasteiger partial charge in [0, 0.05) is 5.92 Å². The molecule has 9 aromatic carbocycles. The number of fused-ring (bicyclic) bond motifs is 5. The van der Waals surface area contributed by atoms with E-state index in [9.17, 15) is 0 Å². The molecule has 0 fully saturated rings. The van der Waals surface area contributed by atoms with Gasteiger partial charge in [0.1, 0.15) is 0 Å². The average Bonchev–Trinajstić information content (AvgIpc) is 3.06. The van der Waals surface area contributed by atoms with Gasteiger partial charge in [0.25, 0.3) is 0 Å². The largest absolute Gasteiger partial charge is 0.0795 e. The summed E-state index contributed by atoms with van der Waals surface area (Å²) in [5.41, 5.74) is 10.5. The van der Waals surface area contributed by atoms with E-state index in [1.807, 2.05) is 0 Å². The molecular formula is C42H20. The van der Waals surface area contributed by atoms with Crippen LogP contribution in [0.15, 0.2) is 103 Å². The summed E-state index contributed by atoms with van der Waals surface area (Å²) in [6, 6.07) is 28.2. The van der Waals surface area contributed by atoms with Gasteiger partial charge in [-0.3, -0.25) is 0 Å². The van der Waals surface area contributed by atoms with Crippen molar-refractivity contribution in [2.45, 2.75) is 12.3 Å². The third-order valence-corrected chi connectivity index (χ3v) is 11.5. The normalized spacial score (nSPS) is 18.5. The van der Waals surface area contributed by atoms with Gasteiger partial charge in [0.15, 0.2) is 0 Å². The zero-order valence-corrected chi connectivity index (χ0v) is 22.6. The van der Waals surface area contributed by atoms with Crippen molar-refractivity contribution in [3.05, 3.63) is 125 Å². The van der Waals surface area contributed by atoms with Crippen molar-refractivity contribution in [1.82, 2.24) is 0 Å². The molecule has 0 saturated heterocycles. The fraction of sp³-hybridized carbons (Fsp3) is 0.0476. The van der Waals surface area contributed by atoms with Crippen LogP contribution in [0.25, 0.3) is 103 Å². The van der Waals surface area contributed by atoms with Gasteiger partial charge in [0.2, 0.25) is 0 Å². The Morgan fingerprint density at radius 3 is 1.79 bits per heavy atom. The summed E-state index contributed by atoms with van der Waals surface area (Å²) in [5, 5.41) is 23.2. The first-order valence-electron chi connectivity index (χ1n) is 15.2. The molecule has 4 aliphatic carbocycles. The van der Waals surface area contributed by atoms with Crippen LogP contribution < -0.4 is 0 Å². The molecule has 0 heteroatoms. The van der Waals surface area contributed by atoms with E-state index in [1.165, 1.54) is 120 Å². The van der Waals surface area contributed by atoms with E-state index in [0.29, 0.717) is 0 Å². The first-order chi connectivity index (χ1) is 20.9. The Labute approximate surface area is 240 Å². The molecule has 1 atom stereocenters. The maximum atomic E-state index is 2.43. The Bertz CT molecular complexity index is 2950. The Morgan fingerprint density at radius 1 is 0.500 bits per heavy atom. The highest BCUT2D eigenvalue weighted by molar-refractivity contribution is 6.52. The fourth-order valence-corrected chi connectivity index (χ4v) is 10.3. The van der Waals surface area contributed by atoms with E-state index < -0.39 is 0 Å². The van der Waals surface area contributed by atoms with Crippen LogP contribution in [-0.2, 0) is 0 Å². The van der Waals surface area contributed by atoms with Crippen LogP contribution in [0.2, 0.25) is 0 Å². The van der Waals surface area contributed by atoms with Crippen molar-refractivity contribution in [3.63, 3.8) is 0 Å². The van der Waals surface area contributed by atoms with E-state index in [0.717, 1.165) is 6.42 Å². The summed E-state index contributed by atoms with van der Waals surface area (Å²) in [7, 11) is 0. The topological polar surface area (TPSA) is 0 Å². The van der Waals surface area contributed by atoms with Gasteiger partial charge in [-0.05, 0) is 132 Å². The van der Waals surface area contributed by atoms with E-state index >= 15 is 0 Å². The van der Waals surface area contributed by atoms with Crippen molar-refractivity contribution < 1.29 is 0 Å². The molecule has 9 aromatic rings. The Morgan fingerprint density at radius 2 is 1.07 bits per heavy atom. The fourth-order valence-electron chi connectivity index (χ4n) is 10.3. The molecular weight excluding hydrogens is 504 g/mol. The molecule has 0 aliphatic heterocycles. The summed E-state index contributed by atoms with van der Waals surface area (Å²) >= 11 is 0. The van der Waals surface area contributed by atoms with Crippen molar-refractivity contribution >= 4 is 103 Å². The second-order valence-electron chi connectivity index (χ2n) is 12.9. The SMILES string of the molecule is C1=CC2=C3CC=Cc4c3c3c5c6c7c(cccc7c7cccc8c9cccc%10c%11cccc4c%11c3c(c%109)c6c78)C(=C1)C25. The van der Waals surface area contributed by atoms with Crippen LogP contribution in [0.5, 0.6) is 0 Å². The Kier molecular flexibility index (Phi) is 2.84. The molecule has 0 spiro atoms. The smallest absolute Gasteiger partial charge is 0.0361 e. The zero-order chi connectivity index (χ0) is 26.6. The monoisotopic (exact) mass is 524 g/mol. The lowest BCUT2D eigenvalue weighted by Crippen LogP contribution is -2.19. The average molecular weight is 525 g/mol. The number of hydrogen-bond donors (Lipinski definition) is 0. The molecule has 0 N–H and O–H groups in total. The maximum Gasteiger partial charge on any atom is 0.0361 e. The second-order valence-corrected chi connectivity index (χ2v) is 12.9. The third kappa shape index (κ3) is 1.75. The second kappa shape index (κ2) is 6.03. The number of rotatable bonds is 0. The minimum atomic E-state index is 0.289. The zero-order valence-electron chi connectivity index (χ0n) is 22.6. The van der Waals surface area contributed by atoms with Gasteiger partial charge < -0.3 is 0 Å². The van der Waals surface area contributed by atoms with Gasteiger partial charge in [-0.25, -0.2) is 0 Å². The molecule has 0 heterocycles. The van der Waals surface area contributed by atoms with Crippen LogP contribution >= 0.6 is 0 Å². The minimum Gasteiger partial charge on any atom is -0.0795 e. The molecule has 0 aromatic heterocycles. The van der Waals surface area contributed by atoms with Crippen LogP contribution in [0.3, 0.4) is 0 Å². The molecule has 0 nitrogen and oxygen atoms in total. The van der Waals surface area contributed by atoms with Gasteiger partial charge in [-0.2, -0.15) is 0 Å². The minimum absolute atomic E-state index is 0.289. The maximum absolute atomic E-state index is 2.43. The number of allylic oxidation sites excluding steroid dienone is 7. The lowest BCUT2D eigenvalue weighted by Gasteiger charge is -2.41. The van der Waals surface area contributed by atoms with E-state index in [-0.39, 0.29) is 5.92 Å². The summed E-state index contributed by atoms with van der Waals surface area (Å²) in [5.74, 6) is 0.289. The van der Waals surface area contributed by atoms with Gasteiger partial charge in [-0.15, -0.1) is 0 Å². The van der Waals surface area contributed by atoms with Crippen molar-refractivity contribution in [1.29, 1.82) is 0 Å². The summed E-state index contributed by atoms with van der Waals surface area (Å²) in [6.45, 7) is 0. The summed E-state index contributed by atoms with van der Waals surface area (Å²) in [4.78, 5) is 0. The quantitative estimate of drug-likeness (QED) is 0.137. The molecule has 0 amide bonds. The van der Waals surface area contributed by atoms with Crippen LogP contribution in [0.4, 0.5) is 0 Å². The highest BCUT2D eigenvalue weighted by Crippen LogP contribution is 2.64. The lowest BCUT2D eigenvalue weighted by molar-refractivity contribution is 1.04. The predicted octanol–water partition coefficient (Wildman–Crippen LogP) is 11.5. The van der Waals surface area contributed by atoms with E-state index in [2.05, 4.69) is 103 Å². The molecule has 1 unspecified atom stereocenters. The Hall–Kier alpha value is -5.20. The summed E-state index contributed by atoms with van der Waals surface area (Å²) < 4.78 is 0. The van der Waals surface area contributed by atoms with Crippen LogP contribution in [-0.4, -0.2) is 0 Å². The molecule has 188 valence electrons. The number of benzene rings is 9. The van der Waals surface area contributed by atoms with Gasteiger partial charge in [0.05, 0.1) is 0 Å². The van der Waals surface area contributed by atoms with Gasteiger partial charge >= 0.3 is 0 Å². The van der Waals surface area contributed by atoms with E-state index in [1.54, 1.807) is 5.56 Å². The lowest BCUT2D eigenvalue weighted by atomic mass is 9.62. The molecule has 0 saturated carbocycles. The Balaban J connectivity index is 1.56. The molecule has 0 bridgehead atoms. The third-order valence-electron chi connectivity index (χ3n) is 11.5. The van der Waals surface area contributed by atoms with Crippen LogP contribution in [0, 0.1) is 0 Å². The molecule has 42 heavy (non-hydrogen) atoms.